The molecule has 0 bridgehead atoms. The minimum Gasteiger partial charge on any atom is -0.263 e. The first-order valence-electron chi connectivity index (χ1n) is 14.0. The standard InChI is InChI=1S/C39H23NS/c1-2-9-24(10-3-1)32-20-34-30-15-7-5-13-28(30)33(21-35(34)29-14-6-4-12-27(29)32)25-17-18-31-36-23-40-22-26-11-8-16-37(39(26)36)41-38(31)19-25/h1-23H. The molecule has 1 aliphatic rings. The van der Waals surface area contributed by atoms with Crippen molar-refractivity contribution in [3.8, 4) is 33.4 Å². The van der Waals surface area contributed by atoms with Gasteiger partial charge in [0.25, 0.3) is 0 Å². The third-order valence-electron chi connectivity index (χ3n) is 8.51. The Morgan fingerprint density at radius 1 is 0.390 bits per heavy atom. The predicted molar refractivity (Wildman–Crippen MR) is 175 cm³/mol. The summed E-state index contributed by atoms with van der Waals surface area (Å²) in [5, 5.41) is 10.2. The summed E-state index contributed by atoms with van der Waals surface area (Å²) in [5.74, 6) is 0. The second-order valence-corrected chi connectivity index (χ2v) is 11.8. The SMILES string of the molecule is c1ccc(-c2cc3c4ccccc4c(-c4ccc5c(c4)Sc4cccc6cncc-5c46)cc3c3ccccc23)cc1. The van der Waals surface area contributed by atoms with E-state index in [0.29, 0.717) is 0 Å². The van der Waals surface area contributed by atoms with E-state index in [1.165, 1.54) is 86.3 Å². The highest BCUT2D eigenvalue weighted by Crippen LogP contribution is 2.49. The van der Waals surface area contributed by atoms with Gasteiger partial charge in [0.2, 0.25) is 0 Å². The van der Waals surface area contributed by atoms with Gasteiger partial charge in [-0.05, 0) is 84.4 Å². The van der Waals surface area contributed by atoms with Crippen LogP contribution in [0.4, 0.5) is 0 Å². The van der Waals surface area contributed by atoms with E-state index in [4.69, 9.17) is 0 Å². The lowest BCUT2D eigenvalue weighted by Crippen LogP contribution is -1.95. The molecule has 2 heterocycles. The molecule has 0 atom stereocenters. The molecule has 0 unspecified atom stereocenters. The van der Waals surface area contributed by atoms with Crippen LogP contribution in [0.3, 0.4) is 0 Å². The summed E-state index contributed by atoms with van der Waals surface area (Å²) in [5.41, 5.74) is 7.52. The number of hydrogen-bond acceptors (Lipinski definition) is 2. The maximum absolute atomic E-state index is 4.56. The average Bonchev–Trinajstić information content (AvgIpc) is 3.04. The zero-order chi connectivity index (χ0) is 26.9. The summed E-state index contributed by atoms with van der Waals surface area (Å²) in [6, 6.07) is 46.8. The van der Waals surface area contributed by atoms with Crippen LogP contribution >= 0.6 is 11.8 Å². The van der Waals surface area contributed by atoms with Crippen LogP contribution < -0.4 is 0 Å². The second kappa shape index (κ2) is 8.79. The molecule has 0 radical (unpaired) electrons. The molecule has 0 saturated carbocycles. The van der Waals surface area contributed by atoms with Gasteiger partial charge < -0.3 is 0 Å². The van der Waals surface area contributed by atoms with Gasteiger partial charge in [0.1, 0.15) is 0 Å². The van der Waals surface area contributed by atoms with Crippen molar-refractivity contribution in [2.45, 2.75) is 9.79 Å². The largest absolute Gasteiger partial charge is 0.263 e. The number of aromatic nitrogens is 1. The molecule has 0 saturated heterocycles. The van der Waals surface area contributed by atoms with Crippen molar-refractivity contribution >= 4 is 54.9 Å². The highest BCUT2D eigenvalue weighted by molar-refractivity contribution is 7.99. The van der Waals surface area contributed by atoms with Gasteiger partial charge in [-0.3, -0.25) is 4.98 Å². The molecule has 41 heavy (non-hydrogen) atoms. The Balaban J connectivity index is 1.32. The molecule has 0 fully saturated rings. The normalized spacial score (nSPS) is 12.3. The van der Waals surface area contributed by atoms with Crippen LogP contribution in [0.1, 0.15) is 0 Å². The Labute approximate surface area is 242 Å². The smallest absolute Gasteiger partial charge is 0.0353 e. The predicted octanol–water partition coefficient (Wildman–Crippen LogP) is 11.2. The van der Waals surface area contributed by atoms with Gasteiger partial charge in [-0.2, -0.15) is 0 Å². The lowest BCUT2D eigenvalue weighted by Gasteiger charge is -2.21. The molecule has 8 aromatic rings. The Morgan fingerprint density at radius 2 is 1.05 bits per heavy atom. The lowest BCUT2D eigenvalue weighted by atomic mass is 9.87. The summed E-state index contributed by atoms with van der Waals surface area (Å²) in [7, 11) is 0. The molecule has 0 amide bonds. The molecule has 0 N–H and O–H groups in total. The lowest BCUT2D eigenvalue weighted by molar-refractivity contribution is 1.32. The number of fused-ring (bicyclic) bond motifs is 7. The first kappa shape index (κ1) is 22.9. The minimum atomic E-state index is 1.20. The van der Waals surface area contributed by atoms with Crippen LogP contribution in [0.5, 0.6) is 0 Å². The average molecular weight is 538 g/mol. The number of pyridine rings is 1. The fourth-order valence-corrected chi connectivity index (χ4v) is 7.84. The van der Waals surface area contributed by atoms with E-state index in [0.717, 1.165) is 0 Å². The molecule has 7 aromatic carbocycles. The zero-order valence-electron chi connectivity index (χ0n) is 22.1. The summed E-state index contributed by atoms with van der Waals surface area (Å²) < 4.78 is 0. The fourth-order valence-electron chi connectivity index (χ4n) is 6.65. The number of hydrogen-bond donors (Lipinski definition) is 0. The van der Waals surface area contributed by atoms with Crippen molar-refractivity contribution in [1.82, 2.24) is 4.98 Å². The van der Waals surface area contributed by atoms with Gasteiger partial charge in [0, 0.05) is 38.5 Å². The zero-order valence-corrected chi connectivity index (χ0v) is 23.0. The van der Waals surface area contributed by atoms with Crippen molar-refractivity contribution in [3.05, 3.63) is 140 Å². The van der Waals surface area contributed by atoms with Crippen LogP contribution in [0.25, 0.3) is 76.5 Å². The summed E-state index contributed by atoms with van der Waals surface area (Å²) in [6.45, 7) is 0. The first-order chi connectivity index (χ1) is 20.3. The van der Waals surface area contributed by atoms with E-state index in [9.17, 15) is 0 Å². The van der Waals surface area contributed by atoms with Crippen molar-refractivity contribution in [3.63, 3.8) is 0 Å². The Morgan fingerprint density at radius 3 is 1.78 bits per heavy atom. The van der Waals surface area contributed by atoms with Gasteiger partial charge in [0.05, 0.1) is 0 Å². The van der Waals surface area contributed by atoms with E-state index in [1.54, 1.807) is 0 Å². The van der Waals surface area contributed by atoms with Gasteiger partial charge in [-0.1, -0.05) is 115 Å². The van der Waals surface area contributed by atoms with Crippen molar-refractivity contribution in [2.24, 2.45) is 0 Å². The van der Waals surface area contributed by atoms with Crippen LogP contribution in [0.2, 0.25) is 0 Å². The molecule has 1 aromatic heterocycles. The van der Waals surface area contributed by atoms with Crippen LogP contribution in [-0.2, 0) is 0 Å². The Hall–Kier alpha value is -4.92. The Kier molecular flexibility index (Phi) is 4.90. The topological polar surface area (TPSA) is 12.9 Å². The van der Waals surface area contributed by atoms with E-state index in [-0.39, 0.29) is 0 Å². The molecule has 2 heteroatoms. The first-order valence-corrected chi connectivity index (χ1v) is 14.8. The molecule has 190 valence electrons. The van der Waals surface area contributed by atoms with Crippen molar-refractivity contribution in [1.29, 1.82) is 0 Å². The third kappa shape index (κ3) is 3.41. The quantitative estimate of drug-likeness (QED) is 0.203. The van der Waals surface area contributed by atoms with Crippen molar-refractivity contribution < 1.29 is 0 Å². The third-order valence-corrected chi connectivity index (χ3v) is 9.63. The molecular formula is C39H23NS. The van der Waals surface area contributed by atoms with Gasteiger partial charge in [-0.15, -0.1) is 0 Å². The van der Waals surface area contributed by atoms with E-state index in [2.05, 4.69) is 132 Å². The van der Waals surface area contributed by atoms with Gasteiger partial charge in [0.15, 0.2) is 0 Å². The fraction of sp³-hybridized carbons (Fsp3) is 0. The minimum absolute atomic E-state index is 1.20. The molecule has 0 aliphatic carbocycles. The highest BCUT2D eigenvalue weighted by atomic mass is 32.2. The monoisotopic (exact) mass is 537 g/mol. The van der Waals surface area contributed by atoms with E-state index >= 15 is 0 Å². The van der Waals surface area contributed by atoms with Gasteiger partial charge >= 0.3 is 0 Å². The van der Waals surface area contributed by atoms with E-state index in [1.807, 2.05) is 24.2 Å². The Bertz CT molecular complexity index is 2330. The summed E-state index contributed by atoms with van der Waals surface area (Å²) in [6.07, 6.45) is 3.99. The van der Waals surface area contributed by atoms with Gasteiger partial charge in [-0.25, -0.2) is 0 Å². The summed E-state index contributed by atoms with van der Waals surface area (Å²) in [4.78, 5) is 7.14. The van der Waals surface area contributed by atoms with E-state index < -0.39 is 0 Å². The van der Waals surface area contributed by atoms with Crippen LogP contribution in [0.15, 0.2) is 150 Å². The number of rotatable bonds is 2. The molecule has 1 nitrogen and oxygen atoms in total. The molecular weight excluding hydrogens is 515 g/mol. The number of nitrogens with zero attached hydrogens (tertiary/aromatic N) is 1. The maximum atomic E-state index is 4.56. The van der Waals surface area contributed by atoms with Crippen LogP contribution in [-0.4, -0.2) is 4.98 Å². The molecule has 9 rings (SSSR count). The number of benzene rings is 7. The maximum Gasteiger partial charge on any atom is 0.0353 e. The molecule has 0 spiro atoms. The van der Waals surface area contributed by atoms with Crippen LogP contribution in [0, 0.1) is 0 Å². The second-order valence-electron chi connectivity index (χ2n) is 10.8. The van der Waals surface area contributed by atoms with Crippen molar-refractivity contribution in [2.75, 3.05) is 0 Å². The summed E-state index contributed by atoms with van der Waals surface area (Å²) >= 11 is 1.87. The molecule has 1 aliphatic heterocycles. The highest BCUT2D eigenvalue weighted by Gasteiger charge is 2.21.